The van der Waals surface area contributed by atoms with Crippen LogP contribution in [-0.4, -0.2) is 83.0 Å². The summed E-state index contributed by atoms with van der Waals surface area (Å²) < 4.78 is 15.5. The van der Waals surface area contributed by atoms with Crippen molar-refractivity contribution < 1.29 is 58.3 Å². The van der Waals surface area contributed by atoms with Crippen molar-refractivity contribution in [3.63, 3.8) is 0 Å². The summed E-state index contributed by atoms with van der Waals surface area (Å²) in [5, 5.41) is 29.3. The van der Waals surface area contributed by atoms with Gasteiger partial charge in [0.1, 0.15) is 6.61 Å². The van der Waals surface area contributed by atoms with E-state index in [1.807, 2.05) is 0 Å². The van der Waals surface area contributed by atoms with E-state index in [4.69, 9.17) is 29.5 Å². The smallest absolute Gasteiger partial charge is 0.306 e. The molecule has 0 aromatic heterocycles. The van der Waals surface area contributed by atoms with Crippen LogP contribution in [0.1, 0.15) is 65.2 Å². The Morgan fingerprint density at radius 3 is 1.60 bits per heavy atom. The lowest BCUT2D eigenvalue weighted by Crippen LogP contribution is -2.45. The average Bonchev–Trinajstić information content (AvgIpc) is 2.76. The Labute approximate surface area is 203 Å². The van der Waals surface area contributed by atoms with Gasteiger partial charge in [-0.1, -0.05) is 13.8 Å². The number of carbonyl (C=O) groups excluding carboxylic acids is 3. The van der Waals surface area contributed by atoms with Crippen LogP contribution >= 0.6 is 0 Å². The topological polar surface area (TPSA) is 203 Å². The first-order chi connectivity index (χ1) is 16.4. The molecular weight excluding hydrogens is 470 g/mol. The Morgan fingerprint density at radius 2 is 1.14 bits per heavy atom. The van der Waals surface area contributed by atoms with Crippen molar-refractivity contribution in [2.75, 3.05) is 19.7 Å². The Balaban J connectivity index is 5.38. The van der Waals surface area contributed by atoms with Crippen molar-refractivity contribution in [2.45, 2.75) is 77.4 Å². The van der Waals surface area contributed by atoms with E-state index in [-0.39, 0.29) is 6.54 Å². The number of carbonyl (C=O) groups is 6. The summed E-state index contributed by atoms with van der Waals surface area (Å²) in [5.74, 6) is -5.91. The minimum Gasteiger partial charge on any atom is -0.481 e. The molecule has 4 N–H and O–H groups in total. The summed E-state index contributed by atoms with van der Waals surface area (Å²) in [5.41, 5.74) is 0. The summed E-state index contributed by atoms with van der Waals surface area (Å²) in [6.07, 6.45) is -3.65. The second-order valence-corrected chi connectivity index (χ2v) is 8.16. The van der Waals surface area contributed by atoms with Gasteiger partial charge in [0.15, 0.2) is 12.2 Å². The third-order valence-corrected chi connectivity index (χ3v) is 4.50. The van der Waals surface area contributed by atoms with Crippen molar-refractivity contribution in [3.8, 4) is 0 Å². The van der Waals surface area contributed by atoms with Gasteiger partial charge >= 0.3 is 35.8 Å². The number of nitrogens with one attached hydrogen (secondary N) is 1. The number of carboxylic acids is 3. The number of esters is 3. The first-order valence-electron chi connectivity index (χ1n) is 11.3. The van der Waals surface area contributed by atoms with Crippen LogP contribution in [0.15, 0.2) is 0 Å². The van der Waals surface area contributed by atoms with Gasteiger partial charge in [-0.05, 0) is 25.3 Å². The van der Waals surface area contributed by atoms with E-state index in [0.29, 0.717) is 12.5 Å². The van der Waals surface area contributed by atoms with Gasteiger partial charge in [0.25, 0.3) is 0 Å². The maximum absolute atomic E-state index is 12.2. The second-order valence-electron chi connectivity index (χ2n) is 8.16. The van der Waals surface area contributed by atoms with Gasteiger partial charge in [-0.2, -0.15) is 0 Å². The predicted octanol–water partition coefficient (Wildman–Crippen LogP) is 0.973. The Kier molecular flexibility index (Phi) is 16.5. The molecule has 0 bridgehead atoms. The molecule has 2 unspecified atom stereocenters. The Hall–Kier alpha value is -3.22. The van der Waals surface area contributed by atoms with Crippen molar-refractivity contribution >= 4 is 35.8 Å². The molecule has 13 nitrogen and oxygen atoms in total. The monoisotopic (exact) mass is 505 g/mol. The summed E-state index contributed by atoms with van der Waals surface area (Å²) in [7, 11) is 0. The van der Waals surface area contributed by atoms with Crippen LogP contribution in [0.3, 0.4) is 0 Å². The van der Waals surface area contributed by atoms with Crippen molar-refractivity contribution in [1.29, 1.82) is 0 Å². The Morgan fingerprint density at radius 1 is 0.686 bits per heavy atom. The molecule has 0 aromatic rings. The predicted molar refractivity (Wildman–Crippen MR) is 118 cm³/mol. The fourth-order valence-electron chi connectivity index (χ4n) is 2.68. The highest BCUT2D eigenvalue weighted by atomic mass is 16.6. The zero-order valence-corrected chi connectivity index (χ0v) is 20.0. The molecule has 0 aromatic carbocycles. The SMILES string of the molecule is CC(C)CCCNCC(OC(=O)CCC(=O)O)C(COC(=O)CCC(=O)O)OC(=O)CCC(=O)O. The molecule has 0 heterocycles. The van der Waals surface area contributed by atoms with Crippen LogP contribution in [0.25, 0.3) is 0 Å². The summed E-state index contributed by atoms with van der Waals surface area (Å²) in [6.45, 7) is 4.03. The summed E-state index contributed by atoms with van der Waals surface area (Å²) in [4.78, 5) is 68.2. The molecule has 0 saturated heterocycles. The second kappa shape index (κ2) is 18.2. The standard InChI is InChI=1S/C22H35NO12/c1-14(2)4-3-11-23-12-15(34-21(31)9-6-18(26)27)16(35-22(32)10-7-19(28)29)13-33-20(30)8-5-17(24)25/h14-16,23H,3-13H2,1-2H3,(H,24,25)(H,26,27)(H,28,29). The number of hydrogen-bond acceptors (Lipinski definition) is 10. The molecule has 0 aliphatic rings. The molecule has 13 heteroatoms. The van der Waals surface area contributed by atoms with E-state index in [1.165, 1.54) is 0 Å². The lowest BCUT2D eigenvalue weighted by Gasteiger charge is -2.27. The first-order valence-corrected chi connectivity index (χ1v) is 11.3. The van der Waals surface area contributed by atoms with Gasteiger partial charge in [-0.15, -0.1) is 0 Å². The van der Waals surface area contributed by atoms with Crippen LogP contribution in [0, 0.1) is 5.92 Å². The largest absolute Gasteiger partial charge is 0.481 e. The molecule has 2 atom stereocenters. The van der Waals surface area contributed by atoms with Crippen molar-refractivity contribution in [3.05, 3.63) is 0 Å². The van der Waals surface area contributed by atoms with Gasteiger partial charge in [-0.25, -0.2) is 0 Å². The highest BCUT2D eigenvalue weighted by Crippen LogP contribution is 2.11. The fourth-order valence-corrected chi connectivity index (χ4v) is 2.68. The van der Waals surface area contributed by atoms with Crippen LogP contribution < -0.4 is 5.32 Å². The molecule has 0 amide bonds. The lowest BCUT2D eigenvalue weighted by atomic mass is 10.1. The molecule has 0 radical (unpaired) electrons. The molecule has 0 aliphatic carbocycles. The summed E-state index contributed by atoms with van der Waals surface area (Å²) in [6, 6.07) is 0. The summed E-state index contributed by atoms with van der Waals surface area (Å²) >= 11 is 0. The van der Waals surface area contributed by atoms with Gasteiger partial charge in [-0.3, -0.25) is 28.8 Å². The maximum atomic E-state index is 12.2. The van der Waals surface area contributed by atoms with Crippen molar-refractivity contribution in [2.24, 2.45) is 5.92 Å². The number of ether oxygens (including phenoxy) is 3. The van der Waals surface area contributed by atoms with Crippen LogP contribution in [0.5, 0.6) is 0 Å². The third kappa shape index (κ3) is 18.8. The number of hydrogen-bond donors (Lipinski definition) is 4. The van der Waals surface area contributed by atoms with Gasteiger partial charge in [0.05, 0.1) is 38.5 Å². The highest BCUT2D eigenvalue weighted by molar-refractivity contribution is 5.78. The minimum atomic E-state index is -1.34. The normalized spacial score (nSPS) is 12.4. The maximum Gasteiger partial charge on any atom is 0.306 e. The van der Waals surface area contributed by atoms with E-state index in [2.05, 4.69) is 19.2 Å². The first kappa shape index (κ1) is 31.8. The van der Waals surface area contributed by atoms with Crippen LogP contribution in [0.2, 0.25) is 0 Å². The quantitative estimate of drug-likeness (QED) is 0.104. The number of carboxylic acid groups (broad SMARTS) is 3. The molecule has 0 spiro atoms. The molecule has 0 saturated carbocycles. The molecule has 0 rings (SSSR count). The van der Waals surface area contributed by atoms with E-state index >= 15 is 0 Å². The van der Waals surface area contributed by atoms with Gasteiger partial charge in [0.2, 0.25) is 0 Å². The van der Waals surface area contributed by atoms with E-state index in [9.17, 15) is 28.8 Å². The zero-order valence-electron chi connectivity index (χ0n) is 20.0. The molecule has 0 fully saturated rings. The van der Waals surface area contributed by atoms with Gasteiger partial charge in [0, 0.05) is 6.54 Å². The molecule has 200 valence electrons. The minimum absolute atomic E-state index is 0.0273. The van der Waals surface area contributed by atoms with Crippen LogP contribution in [0.4, 0.5) is 0 Å². The number of aliphatic carboxylic acids is 3. The highest BCUT2D eigenvalue weighted by Gasteiger charge is 2.30. The molecular formula is C22H35NO12. The fraction of sp³-hybridized carbons (Fsp3) is 0.727. The number of rotatable bonds is 20. The third-order valence-electron chi connectivity index (χ3n) is 4.50. The molecule has 35 heavy (non-hydrogen) atoms. The average molecular weight is 506 g/mol. The van der Waals surface area contributed by atoms with E-state index in [0.717, 1.165) is 12.8 Å². The lowest BCUT2D eigenvalue weighted by molar-refractivity contribution is -0.176. The van der Waals surface area contributed by atoms with Crippen LogP contribution in [-0.2, 0) is 43.0 Å². The zero-order chi connectivity index (χ0) is 26.8. The van der Waals surface area contributed by atoms with E-state index < -0.39 is 93.2 Å². The van der Waals surface area contributed by atoms with Crippen molar-refractivity contribution in [1.82, 2.24) is 5.32 Å². The van der Waals surface area contributed by atoms with E-state index in [1.54, 1.807) is 0 Å². The molecule has 0 aliphatic heterocycles. The Bertz CT molecular complexity index is 721. The van der Waals surface area contributed by atoms with Gasteiger partial charge < -0.3 is 34.8 Å².